The van der Waals surface area contributed by atoms with Crippen LogP contribution in [0.2, 0.25) is 0 Å². The molecule has 0 aromatic rings. The van der Waals surface area contributed by atoms with Gasteiger partial charge >= 0.3 is 86.1 Å². The second kappa shape index (κ2) is 14.1. The fourth-order valence-electron chi connectivity index (χ4n) is 0. The van der Waals surface area contributed by atoms with Gasteiger partial charge in [0.05, 0.1) is 0 Å². The van der Waals surface area contributed by atoms with Gasteiger partial charge in [0.1, 0.15) is 0 Å². The predicted octanol–water partition coefficient (Wildman–Crippen LogP) is -2.38. The Bertz CT molecular complexity index is 288. The SMILES string of the molecule is O=C(O)O.O=S(=O)(O)O.O=S(=O)(O)O.[NaH].[NaH]. The number of hydrogen-bond acceptors (Lipinski definition) is 5. The standard InChI is InChI=1S/CH2O3.2Na.2H2O4S.2H/c2-1(3)4;;;2*1-5(2,3)4;;/h(H2,2,3,4);;;2*(H2,1,2,3,4);;. The maximum atomic E-state index is 8.74. The van der Waals surface area contributed by atoms with E-state index in [0.717, 1.165) is 0 Å². The van der Waals surface area contributed by atoms with Crippen LogP contribution in [0.4, 0.5) is 4.79 Å². The van der Waals surface area contributed by atoms with Crippen LogP contribution in [-0.4, -0.2) is 111 Å². The second-order valence-corrected chi connectivity index (χ2v) is 2.97. The van der Waals surface area contributed by atoms with Gasteiger partial charge in [0.2, 0.25) is 0 Å². The Kier molecular flexibility index (Phi) is 26.6. The normalized spacial score (nSPS) is 8.75. The van der Waals surface area contributed by atoms with E-state index in [1.54, 1.807) is 0 Å². The molecule has 16 heavy (non-hydrogen) atoms. The number of rotatable bonds is 0. The first-order valence-electron chi connectivity index (χ1n) is 2.05. The van der Waals surface area contributed by atoms with Crippen LogP contribution in [-0.2, 0) is 20.8 Å². The third kappa shape index (κ3) is 2890. The van der Waals surface area contributed by atoms with Crippen LogP contribution in [0, 0.1) is 0 Å². The first-order chi connectivity index (χ1) is 5.73. The summed E-state index contributed by atoms with van der Waals surface area (Å²) >= 11 is 0. The van der Waals surface area contributed by atoms with E-state index < -0.39 is 27.0 Å². The zero-order chi connectivity index (χ0) is 12.6. The molecule has 0 saturated heterocycles. The summed E-state index contributed by atoms with van der Waals surface area (Å²) in [6, 6.07) is 0. The van der Waals surface area contributed by atoms with Crippen molar-refractivity contribution in [2.75, 3.05) is 0 Å². The summed E-state index contributed by atoms with van der Waals surface area (Å²) in [5.41, 5.74) is 0. The Labute approximate surface area is 135 Å². The molecule has 0 aromatic carbocycles. The van der Waals surface area contributed by atoms with Crippen molar-refractivity contribution in [1.82, 2.24) is 0 Å². The zero-order valence-corrected chi connectivity index (χ0v) is 7.67. The summed E-state index contributed by atoms with van der Waals surface area (Å²) in [4.78, 5) is 8.56. The van der Waals surface area contributed by atoms with Crippen molar-refractivity contribution >= 4 is 86.1 Å². The third-order valence-corrected chi connectivity index (χ3v) is 0. The van der Waals surface area contributed by atoms with E-state index >= 15 is 0 Å². The van der Waals surface area contributed by atoms with Crippen molar-refractivity contribution in [3.8, 4) is 0 Å². The summed E-state index contributed by atoms with van der Waals surface area (Å²) in [6.07, 6.45) is -1.83. The van der Waals surface area contributed by atoms with Crippen LogP contribution in [0.25, 0.3) is 0 Å². The molecule has 92 valence electrons. The molecule has 0 fully saturated rings. The van der Waals surface area contributed by atoms with Crippen LogP contribution in [0.3, 0.4) is 0 Å². The Morgan fingerprint density at radius 2 is 0.688 bits per heavy atom. The molecule has 6 N–H and O–H groups in total. The number of carboxylic acid groups (broad SMARTS) is 2. The quantitative estimate of drug-likeness (QED) is 0.205. The first kappa shape index (κ1) is 30.2. The van der Waals surface area contributed by atoms with Crippen LogP contribution < -0.4 is 0 Å². The molecule has 0 aliphatic carbocycles. The van der Waals surface area contributed by atoms with E-state index in [1.807, 2.05) is 0 Å². The molecule has 0 saturated carbocycles. The van der Waals surface area contributed by atoms with E-state index in [-0.39, 0.29) is 59.1 Å². The molecule has 0 atom stereocenters. The predicted molar refractivity (Wildman–Crippen MR) is 53.3 cm³/mol. The van der Waals surface area contributed by atoms with Gasteiger partial charge in [-0.15, -0.1) is 0 Å². The van der Waals surface area contributed by atoms with Gasteiger partial charge < -0.3 is 10.2 Å². The molecule has 0 unspecified atom stereocenters. The van der Waals surface area contributed by atoms with E-state index in [9.17, 15) is 0 Å². The third-order valence-electron chi connectivity index (χ3n) is 0. The van der Waals surface area contributed by atoms with Gasteiger partial charge in [0.15, 0.2) is 0 Å². The number of hydrogen-bond donors (Lipinski definition) is 6. The van der Waals surface area contributed by atoms with Crippen LogP contribution in [0.1, 0.15) is 0 Å². The van der Waals surface area contributed by atoms with Gasteiger partial charge in [-0.1, -0.05) is 0 Å². The molecule has 0 aromatic heterocycles. The van der Waals surface area contributed by atoms with Gasteiger partial charge in [-0.25, -0.2) is 4.79 Å². The minimum absolute atomic E-state index is 0. The second-order valence-electron chi connectivity index (χ2n) is 1.18. The fourth-order valence-corrected chi connectivity index (χ4v) is 0. The van der Waals surface area contributed by atoms with Gasteiger partial charge in [0, 0.05) is 0 Å². The van der Waals surface area contributed by atoms with E-state index in [4.69, 9.17) is 50.1 Å². The molecular formula is CH8Na2O11S2. The molecule has 15 heteroatoms. The average molecular weight is 306 g/mol. The van der Waals surface area contributed by atoms with Crippen LogP contribution in [0.15, 0.2) is 0 Å². The molecule has 0 bridgehead atoms. The Hall–Kier alpha value is 1.01. The van der Waals surface area contributed by atoms with Gasteiger partial charge in [-0.05, 0) is 0 Å². The van der Waals surface area contributed by atoms with E-state index in [2.05, 4.69) is 0 Å². The molecular weight excluding hydrogens is 298 g/mol. The Balaban J connectivity index is -0.0000000358. The summed E-state index contributed by atoms with van der Waals surface area (Å²) in [5.74, 6) is 0. The molecule has 0 radical (unpaired) electrons. The van der Waals surface area contributed by atoms with Crippen LogP contribution >= 0.6 is 0 Å². The summed E-state index contributed by atoms with van der Waals surface area (Å²) in [7, 11) is -9.33. The molecule has 0 spiro atoms. The monoisotopic (exact) mass is 306 g/mol. The average Bonchev–Trinajstić information content (AvgIpc) is 1.45. The summed E-state index contributed by atoms with van der Waals surface area (Å²) in [5, 5.41) is 13.9. The van der Waals surface area contributed by atoms with E-state index in [0.29, 0.717) is 0 Å². The van der Waals surface area contributed by atoms with Gasteiger partial charge in [0.25, 0.3) is 0 Å². The maximum absolute atomic E-state index is 8.74. The summed E-state index contributed by atoms with van der Waals surface area (Å²) in [6.45, 7) is 0. The Morgan fingerprint density at radius 3 is 0.688 bits per heavy atom. The van der Waals surface area contributed by atoms with E-state index in [1.165, 1.54) is 0 Å². The molecule has 0 aliphatic heterocycles. The van der Waals surface area contributed by atoms with Crippen molar-refractivity contribution in [1.29, 1.82) is 0 Å². The molecule has 0 heterocycles. The van der Waals surface area contributed by atoms with Crippen molar-refractivity contribution < 1.29 is 50.1 Å². The van der Waals surface area contributed by atoms with Crippen molar-refractivity contribution in [3.05, 3.63) is 0 Å². The van der Waals surface area contributed by atoms with Gasteiger partial charge in [-0.3, -0.25) is 18.2 Å². The topological polar surface area (TPSA) is 207 Å². The number of carbonyl (C=O) groups is 1. The van der Waals surface area contributed by atoms with Crippen LogP contribution in [0.5, 0.6) is 0 Å². The molecule has 0 rings (SSSR count). The fraction of sp³-hybridized carbons (Fsp3) is 0. The Morgan fingerprint density at radius 1 is 0.688 bits per heavy atom. The minimum atomic E-state index is -4.67. The first-order valence-corrected chi connectivity index (χ1v) is 4.84. The van der Waals surface area contributed by atoms with Crippen molar-refractivity contribution in [3.63, 3.8) is 0 Å². The molecule has 0 aliphatic rings. The summed E-state index contributed by atoms with van der Waals surface area (Å²) < 4.78 is 63.2. The molecule has 0 amide bonds. The molecule has 11 nitrogen and oxygen atoms in total. The van der Waals surface area contributed by atoms with Crippen molar-refractivity contribution in [2.24, 2.45) is 0 Å². The van der Waals surface area contributed by atoms with Gasteiger partial charge in [-0.2, -0.15) is 16.8 Å². The zero-order valence-electron chi connectivity index (χ0n) is 6.04. The van der Waals surface area contributed by atoms with Crippen molar-refractivity contribution in [2.45, 2.75) is 0 Å².